The third-order valence-electron chi connectivity index (χ3n) is 3.09. The molecule has 2 rings (SSSR count). The van der Waals surface area contributed by atoms with Crippen LogP contribution in [0.3, 0.4) is 0 Å². The van der Waals surface area contributed by atoms with Gasteiger partial charge in [-0.3, -0.25) is 19.7 Å². The minimum atomic E-state index is -0.981. The average molecular weight is 264 g/mol. The minimum absolute atomic E-state index is 0.0266. The maximum Gasteiger partial charge on any atom is 0.307 e. The Balaban J connectivity index is 1.95. The number of benzene rings is 1. The second-order valence-corrected chi connectivity index (χ2v) is 4.39. The molecule has 2 N–H and O–H groups in total. The number of nitro benzene ring substituents is 1. The van der Waals surface area contributed by atoms with Crippen LogP contribution in [-0.4, -0.2) is 21.9 Å². The number of para-hydroxylation sites is 1. The molecule has 1 aliphatic carbocycles. The molecular weight excluding hydrogens is 252 g/mol. The third-order valence-corrected chi connectivity index (χ3v) is 3.09. The van der Waals surface area contributed by atoms with Crippen LogP contribution in [0.2, 0.25) is 0 Å². The Kier molecular flexibility index (Phi) is 3.46. The molecule has 0 aliphatic heterocycles. The summed E-state index contributed by atoms with van der Waals surface area (Å²) in [5.41, 5.74) is 0.335. The Labute approximate surface area is 108 Å². The first-order valence-electron chi connectivity index (χ1n) is 5.73. The van der Waals surface area contributed by atoms with Gasteiger partial charge in [0.05, 0.1) is 16.8 Å². The number of carbonyl (C=O) groups is 2. The van der Waals surface area contributed by atoms with Crippen LogP contribution in [0.4, 0.5) is 5.69 Å². The van der Waals surface area contributed by atoms with E-state index in [0.29, 0.717) is 12.0 Å². The van der Waals surface area contributed by atoms with Crippen LogP contribution < -0.4 is 5.32 Å². The quantitative estimate of drug-likeness (QED) is 0.607. The molecule has 1 saturated carbocycles. The standard InChI is InChI=1S/C12H12N2O5/c15-11(8-5-9(8)12(16)17)13-6-7-3-1-2-4-10(7)14(18)19/h1-4,8-9H,5-6H2,(H,13,15)(H,16,17)/t8-,9+/m1/s1. The number of rotatable bonds is 5. The lowest BCUT2D eigenvalue weighted by atomic mass is 10.2. The van der Waals surface area contributed by atoms with E-state index in [1.54, 1.807) is 18.2 Å². The Morgan fingerprint density at radius 1 is 1.37 bits per heavy atom. The van der Waals surface area contributed by atoms with Gasteiger partial charge in [-0.2, -0.15) is 0 Å². The van der Waals surface area contributed by atoms with Gasteiger partial charge in [-0.05, 0) is 6.42 Å². The summed E-state index contributed by atoms with van der Waals surface area (Å²) < 4.78 is 0. The summed E-state index contributed by atoms with van der Waals surface area (Å²) in [7, 11) is 0. The number of carbonyl (C=O) groups excluding carboxylic acids is 1. The van der Waals surface area contributed by atoms with E-state index in [-0.39, 0.29) is 18.1 Å². The van der Waals surface area contributed by atoms with E-state index >= 15 is 0 Å². The molecule has 7 heteroatoms. The van der Waals surface area contributed by atoms with Crippen LogP contribution in [0, 0.1) is 22.0 Å². The van der Waals surface area contributed by atoms with E-state index in [1.807, 2.05) is 0 Å². The summed E-state index contributed by atoms with van der Waals surface area (Å²) in [5.74, 6) is -2.48. The first kappa shape index (κ1) is 13.0. The fourth-order valence-corrected chi connectivity index (χ4v) is 1.91. The van der Waals surface area contributed by atoms with Gasteiger partial charge in [-0.25, -0.2) is 0 Å². The fraction of sp³-hybridized carbons (Fsp3) is 0.333. The van der Waals surface area contributed by atoms with E-state index < -0.39 is 22.7 Å². The van der Waals surface area contributed by atoms with Crippen LogP contribution >= 0.6 is 0 Å². The molecule has 0 heterocycles. The lowest BCUT2D eigenvalue weighted by molar-refractivity contribution is -0.385. The third kappa shape index (κ3) is 2.87. The molecule has 0 bridgehead atoms. The first-order chi connectivity index (χ1) is 9.00. The molecule has 100 valence electrons. The zero-order chi connectivity index (χ0) is 14.0. The molecule has 1 fully saturated rings. The van der Waals surface area contributed by atoms with Gasteiger partial charge in [-0.1, -0.05) is 18.2 Å². The van der Waals surface area contributed by atoms with Gasteiger partial charge in [0.25, 0.3) is 5.69 Å². The Hall–Kier alpha value is -2.44. The summed E-state index contributed by atoms with van der Waals surface area (Å²) in [4.78, 5) is 32.5. The average Bonchev–Trinajstić information content (AvgIpc) is 3.16. The van der Waals surface area contributed by atoms with E-state index in [9.17, 15) is 19.7 Å². The van der Waals surface area contributed by atoms with Gasteiger partial charge in [0.15, 0.2) is 0 Å². The largest absolute Gasteiger partial charge is 0.481 e. The van der Waals surface area contributed by atoms with Crippen molar-refractivity contribution in [1.82, 2.24) is 5.32 Å². The van der Waals surface area contributed by atoms with Crippen molar-refractivity contribution in [3.8, 4) is 0 Å². The Morgan fingerprint density at radius 2 is 2.05 bits per heavy atom. The summed E-state index contributed by atoms with van der Waals surface area (Å²) >= 11 is 0. The lowest BCUT2D eigenvalue weighted by Gasteiger charge is -2.05. The van der Waals surface area contributed by atoms with Gasteiger partial charge in [0, 0.05) is 18.2 Å². The van der Waals surface area contributed by atoms with Crippen LogP contribution in [0.1, 0.15) is 12.0 Å². The zero-order valence-corrected chi connectivity index (χ0v) is 9.91. The van der Waals surface area contributed by atoms with Crippen molar-refractivity contribution < 1.29 is 19.6 Å². The van der Waals surface area contributed by atoms with Gasteiger partial charge < -0.3 is 10.4 Å². The molecule has 0 spiro atoms. The number of carboxylic acid groups (broad SMARTS) is 1. The number of nitro groups is 1. The minimum Gasteiger partial charge on any atom is -0.481 e. The number of nitrogens with one attached hydrogen (secondary N) is 1. The molecule has 0 unspecified atom stereocenters. The molecule has 1 amide bonds. The maximum absolute atomic E-state index is 11.6. The number of hydrogen-bond donors (Lipinski definition) is 2. The number of hydrogen-bond acceptors (Lipinski definition) is 4. The van der Waals surface area contributed by atoms with Crippen LogP contribution in [0.15, 0.2) is 24.3 Å². The highest BCUT2D eigenvalue weighted by atomic mass is 16.6. The predicted molar refractivity (Wildman–Crippen MR) is 64.2 cm³/mol. The lowest BCUT2D eigenvalue weighted by Crippen LogP contribution is -2.26. The van der Waals surface area contributed by atoms with Crippen molar-refractivity contribution in [1.29, 1.82) is 0 Å². The summed E-state index contributed by atoms with van der Waals surface area (Å²) in [5, 5.41) is 22.0. The van der Waals surface area contributed by atoms with Gasteiger partial charge in [0.1, 0.15) is 0 Å². The second-order valence-electron chi connectivity index (χ2n) is 4.39. The molecule has 1 aromatic rings. The SMILES string of the molecule is O=C(O)[C@H]1C[C@H]1C(=O)NCc1ccccc1[N+](=O)[O-]. The second kappa shape index (κ2) is 5.05. The number of carboxylic acids is 1. The molecule has 7 nitrogen and oxygen atoms in total. The predicted octanol–water partition coefficient (Wildman–Crippen LogP) is 0.932. The molecule has 0 aromatic heterocycles. The molecular formula is C12H12N2O5. The van der Waals surface area contributed by atoms with E-state index in [0.717, 1.165) is 0 Å². The molecule has 0 radical (unpaired) electrons. The van der Waals surface area contributed by atoms with Crippen molar-refractivity contribution >= 4 is 17.6 Å². The zero-order valence-electron chi connectivity index (χ0n) is 9.91. The van der Waals surface area contributed by atoms with Crippen molar-refractivity contribution in [2.45, 2.75) is 13.0 Å². The highest BCUT2D eigenvalue weighted by molar-refractivity contribution is 5.89. The molecule has 0 saturated heterocycles. The smallest absolute Gasteiger partial charge is 0.307 e. The highest BCUT2D eigenvalue weighted by Gasteiger charge is 2.48. The first-order valence-corrected chi connectivity index (χ1v) is 5.73. The van der Waals surface area contributed by atoms with Crippen LogP contribution in [0.25, 0.3) is 0 Å². The fourth-order valence-electron chi connectivity index (χ4n) is 1.91. The van der Waals surface area contributed by atoms with Gasteiger partial charge >= 0.3 is 5.97 Å². The topological polar surface area (TPSA) is 110 Å². The van der Waals surface area contributed by atoms with Crippen molar-refractivity contribution in [2.24, 2.45) is 11.8 Å². The molecule has 2 atom stereocenters. The number of aliphatic carboxylic acids is 1. The highest BCUT2D eigenvalue weighted by Crippen LogP contribution is 2.38. The summed E-state index contributed by atoms with van der Waals surface area (Å²) in [6, 6.07) is 6.11. The van der Waals surface area contributed by atoms with E-state index in [1.165, 1.54) is 6.07 Å². The van der Waals surface area contributed by atoms with Gasteiger partial charge in [0.2, 0.25) is 5.91 Å². The Bertz CT molecular complexity index is 543. The van der Waals surface area contributed by atoms with E-state index in [2.05, 4.69) is 5.32 Å². The normalized spacial score (nSPS) is 20.6. The summed E-state index contributed by atoms with van der Waals surface area (Å²) in [6.45, 7) is 0.0266. The monoisotopic (exact) mass is 264 g/mol. The molecule has 1 aliphatic rings. The summed E-state index contributed by atoms with van der Waals surface area (Å²) in [6.07, 6.45) is 0.331. The van der Waals surface area contributed by atoms with Crippen molar-refractivity contribution in [3.05, 3.63) is 39.9 Å². The number of nitrogens with zero attached hydrogens (tertiary/aromatic N) is 1. The van der Waals surface area contributed by atoms with Crippen LogP contribution in [-0.2, 0) is 16.1 Å². The maximum atomic E-state index is 11.6. The van der Waals surface area contributed by atoms with E-state index in [4.69, 9.17) is 5.11 Å². The molecule has 19 heavy (non-hydrogen) atoms. The van der Waals surface area contributed by atoms with Crippen LogP contribution in [0.5, 0.6) is 0 Å². The molecule has 1 aromatic carbocycles. The number of amides is 1. The van der Waals surface area contributed by atoms with Crippen molar-refractivity contribution in [3.63, 3.8) is 0 Å². The van der Waals surface area contributed by atoms with Gasteiger partial charge in [-0.15, -0.1) is 0 Å². The van der Waals surface area contributed by atoms with Crippen molar-refractivity contribution in [2.75, 3.05) is 0 Å². The Morgan fingerprint density at radius 3 is 2.63 bits per heavy atom.